The number of phenols is 1. The molecule has 4 nitrogen and oxygen atoms in total. The van der Waals surface area contributed by atoms with Crippen LogP contribution in [0, 0.1) is 5.92 Å². The Balaban J connectivity index is 1.45. The summed E-state index contributed by atoms with van der Waals surface area (Å²) in [6.45, 7) is 2.26. The number of anilines is 1. The lowest BCUT2D eigenvalue weighted by Crippen LogP contribution is -2.38. The summed E-state index contributed by atoms with van der Waals surface area (Å²) in [7, 11) is 0. The van der Waals surface area contributed by atoms with Crippen LogP contribution in [0.3, 0.4) is 0 Å². The second-order valence-corrected chi connectivity index (χ2v) is 9.78. The monoisotopic (exact) mass is 438 g/mol. The van der Waals surface area contributed by atoms with Gasteiger partial charge in [-0.2, -0.15) is 0 Å². The van der Waals surface area contributed by atoms with Crippen molar-refractivity contribution in [1.29, 1.82) is 0 Å². The molecule has 6 heteroatoms. The van der Waals surface area contributed by atoms with Crippen LogP contribution in [0.25, 0.3) is 0 Å². The third-order valence-corrected chi connectivity index (χ3v) is 7.60. The van der Waals surface area contributed by atoms with Crippen LogP contribution in [0.2, 0.25) is 5.02 Å². The number of aromatic hydroxyl groups is 1. The van der Waals surface area contributed by atoms with Crippen molar-refractivity contribution in [3.05, 3.63) is 80.2 Å². The average Bonchev–Trinajstić information content (AvgIpc) is 3.08. The maximum Gasteiger partial charge on any atom is 0.256 e. The van der Waals surface area contributed by atoms with Gasteiger partial charge in [0.15, 0.2) is 0 Å². The highest BCUT2D eigenvalue weighted by Gasteiger charge is 2.33. The van der Waals surface area contributed by atoms with Gasteiger partial charge < -0.3 is 15.7 Å². The van der Waals surface area contributed by atoms with Crippen LogP contribution in [-0.4, -0.2) is 11.0 Å². The van der Waals surface area contributed by atoms with E-state index in [9.17, 15) is 9.90 Å². The normalized spacial score (nSPS) is 20.1. The third kappa shape index (κ3) is 3.46. The summed E-state index contributed by atoms with van der Waals surface area (Å²) in [5.41, 5.74) is 4.72. The molecular formula is C24H23ClN2O2S. The van der Waals surface area contributed by atoms with Gasteiger partial charge in [-0.3, -0.25) is 4.79 Å². The van der Waals surface area contributed by atoms with Crippen LogP contribution >= 0.6 is 22.9 Å². The van der Waals surface area contributed by atoms with Crippen LogP contribution < -0.4 is 10.6 Å². The van der Waals surface area contributed by atoms with E-state index >= 15 is 0 Å². The van der Waals surface area contributed by atoms with Crippen molar-refractivity contribution >= 4 is 33.8 Å². The van der Waals surface area contributed by atoms with E-state index in [0.717, 1.165) is 46.0 Å². The molecule has 1 aromatic heterocycles. The van der Waals surface area contributed by atoms with Gasteiger partial charge in [0, 0.05) is 15.5 Å². The summed E-state index contributed by atoms with van der Waals surface area (Å²) in [5.74, 6) is 0.757. The van der Waals surface area contributed by atoms with E-state index in [1.54, 1.807) is 17.4 Å². The Bertz CT molecular complexity index is 1140. The lowest BCUT2D eigenvalue weighted by atomic mass is 9.88. The van der Waals surface area contributed by atoms with Crippen molar-refractivity contribution in [2.24, 2.45) is 5.92 Å². The number of nitrogens with one attached hydrogen (secondary N) is 2. The molecule has 1 amide bonds. The highest BCUT2D eigenvalue weighted by Crippen LogP contribution is 2.43. The number of amides is 1. The number of thiophene rings is 1. The molecule has 2 atom stereocenters. The number of hydrogen-bond donors (Lipinski definition) is 3. The Morgan fingerprint density at radius 3 is 2.87 bits per heavy atom. The van der Waals surface area contributed by atoms with Crippen molar-refractivity contribution in [2.45, 2.75) is 38.8 Å². The highest BCUT2D eigenvalue weighted by atomic mass is 35.5. The van der Waals surface area contributed by atoms with Gasteiger partial charge in [-0.05, 0) is 66.5 Å². The van der Waals surface area contributed by atoms with Gasteiger partial charge in [0.05, 0.1) is 5.56 Å². The summed E-state index contributed by atoms with van der Waals surface area (Å²) in [5, 5.41) is 18.7. The van der Waals surface area contributed by atoms with Crippen LogP contribution in [-0.2, 0) is 19.3 Å². The van der Waals surface area contributed by atoms with Gasteiger partial charge in [0.25, 0.3) is 5.91 Å². The van der Waals surface area contributed by atoms with E-state index in [1.807, 2.05) is 36.4 Å². The predicted molar refractivity (Wildman–Crippen MR) is 122 cm³/mol. The second-order valence-electron chi connectivity index (χ2n) is 8.27. The van der Waals surface area contributed by atoms with Gasteiger partial charge in [-0.15, -0.1) is 11.3 Å². The topological polar surface area (TPSA) is 61.4 Å². The molecule has 0 fully saturated rings. The molecule has 2 aliphatic rings. The van der Waals surface area contributed by atoms with Crippen LogP contribution in [0.5, 0.6) is 5.75 Å². The number of benzene rings is 2. The molecule has 1 aliphatic heterocycles. The summed E-state index contributed by atoms with van der Waals surface area (Å²) in [6.07, 6.45) is 3.31. The molecule has 3 N–H and O–H groups in total. The van der Waals surface area contributed by atoms with E-state index in [4.69, 9.17) is 11.6 Å². The molecule has 1 aliphatic carbocycles. The van der Waals surface area contributed by atoms with Crippen molar-refractivity contribution in [1.82, 2.24) is 5.32 Å². The molecule has 154 valence electrons. The lowest BCUT2D eigenvalue weighted by molar-refractivity contribution is 0.0935. The first-order valence-corrected chi connectivity index (χ1v) is 11.5. The van der Waals surface area contributed by atoms with Crippen LogP contribution in [0.1, 0.15) is 57.0 Å². The molecule has 0 spiro atoms. The van der Waals surface area contributed by atoms with Crippen LogP contribution in [0.15, 0.2) is 42.5 Å². The molecular weight excluding hydrogens is 416 g/mol. The van der Waals surface area contributed by atoms with E-state index in [0.29, 0.717) is 17.9 Å². The molecule has 5 rings (SSSR count). The number of fused-ring (bicyclic) bond motifs is 3. The Hall–Kier alpha value is -2.50. The van der Waals surface area contributed by atoms with Gasteiger partial charge in [-0.1, -0.05) is 42.8 Å². The van der Waals surface area contributed by atoms with E-state index in [1.165, 1.54) is 10.4 Å². The fourth-order valence-corrected chi connectivity index (χ4v) is 6.06. The fourth-order valence-electron chi connectivity index (χ4n) is 4.43. The molecule has 2 aromatic carbocycles. The first-order chi connectivity index (χ1) is 14.5. The molecule has 0 unspecified atom stereocenters. The lowest BCUT2D eigenvalue weighted by Gasteiger charge is -2.28. The number of halogens is 1. The van der Waals surface area contributed by atoms with Crippen molar-refractivity contribution in [3.63, 3.8) is 0 Å². The van der Waals surface area contributed by atoms with Gasteiger partial charge in [-0.25, -0.2) is 0 Å². The van der Waals surface area contributed by atoms with E-state index in [2.05, 4.69) is 17.6 Å². The number of rotatable bonds is 3. The SMILES string of the molecule is C[C@H]1CCc2c(sc3c2C(=O)N[C@H](c2cc(Cc4ccccc4Cl)ccc2O)N3)C1. The van der Waals surface area contributed by atoms with Crippen LogP contribution in [0.4, 0.5) is 5.00 Å². The van der Waals surface area contributed by atoms with Gasteiger partial charge in [0.1, 0.15) is 16.9 Å². The van der Waals surface area contributed by atoms with Gasteiger partial charge >= 0.3 is 0 Å². The summed E-state index contributed by atoms with van der Waals surface area (Å²) in [6, 6.07) is 13.3. The highest BCUT2D eigenvalue weighted by molar-refractivity contribution is 7.16. The standard InChI is InChI=1S/C24H23ClN2O2S/c1-13-6-8-16-20(10-13)30-24-21(16)23(29)26-22(27-24)17-12-14(7-9-19(17)28)11-15-4-2-3-5-18(15)25/h2-5,7,9,12-13,22,27-28H,6,8,10-11H2,1H3,(H,26,29)/t13-,22-/m0/s1. The molecule has 30 heavy (non-hydrogen) atoms. The molecule has 3 aromatic rings. The Kier molecular flexibility index (Phi) is 4.95. The Morgan fingerprint density at radius 2 is 2.03 bits per heavy atom. The predicted octanol–water partition coefficient (Wildman–Crippen LogP) is 5.68. The smallest absolute Gasteiger partial charge is 0.256 e. The minimum atomic E-state index is -0.464. The maximum absolute atomic E-state index is 13.0. The maximum atomic E-state index is 13.0. The third-order valence-electron chi connectivity index (χ3n) is 6.04. The Labute approximate surface area is 184 Å². The number of hydrogen-bond acceptors (Lipinski definition) is 4. The number of carbonyl (C=O) groups excluding carboxylic acids is 1. The molecule has 0 bridgehead atoms. The van der Waals surface area contributed by atoms with Crippen molar-refractivity contribution in [2.75, 3.05) is 5.32 Å². The number of phenolic OH excluding ortho intramolecular Hbond substituents is 1. The largest absolute Gasteiger partial charge is 0.508 e. The van der Waals surface area contributed by atoms with E-state index < -0.39 is 6.17 Å². The molecule has 0 saturated heterocycles. The minimum absolute atomic E-state index is 0.0586. The van der Waals surface area contributed by atoms with Crippen molar-refractivity contribution in [3.8, 4) is 5.75 Å². The van der Waals surface area contributed by atoms with Crippen molar-refractivity contribution < 1.29 is 9.90 Å². The first-order valence-electron chi connectivity index (χ1n) is 10.3. The summed E-state index contributed by atoms with van der Waals surface area (Å²) >= 11 is 8.00. The zero-order valence-electron chi connectivity index (χ0n) is 16.7. The minimum Gasteiger partial charge on any atom is -0.508 e. The summed E-state index contributed by atoms with van der Waals surface area (Å²) < 4.78 is 0. The molecule has 0 radical (unpaired) electrons. The van der Waals surface area contributed by atoms with Gasteiger partial charge in [0.2, 0.25) is 0 Å². The average molecular weight is 439 g/mol. The quantitative estimate of drug-likeness (QED) is 0.493. The van der Waals surface area contributed by atoms with E-state index in [-0.39, 0.29) is 11.7 Å². The Morgan fingerprint density at radius 1 is 1.20 bits per heavy atom. The number of carbonyl (C=O) groups is 1. The summed E-state index contributed by atoms with van der Waals surface area (Å²) in [4.78, 5) is 14.3. The molecule has 0 saturated carbocycles. The first kappa shape index (κ1) is 19.5. The fraction of sp³-hybridized carbons (Fsp3) is 0.292. The zero-order chi connectivity index (χ0) is 20.8. The second kappa shape index (κ2) is 7.64. The molecule has 2 heterocycles. The zero-order valence-corrected chi connectivity index (χ0v) is 18.2.